The van der Waals surface area contributed by atoms with Crippen LogP contribution < -0.4 is 10.1 Å². The van der Waals surface area contributed by atoms with Crippen molar-refractivity contribution in [3.63, 3.8) is 0 Å². The summed E-state index contributed by atoms with van der Waals surface area (Å²) in [4.78, 5) is 35.3. The molecule has 2 rings (SSSR count). The van der Waals surface area contributed by atoms with E-state index in [0.29, 0.717) is 5.56 Å². The average molecular weight is 383 g/mol. The van der Waals surface area contributed by atoms with Gasteiger partial charge in [-0.15, -0.1) is 0 Å². The molecule has 1 amide bonds. The number of esters is 1. The van der Waals surface area contributed by atoms with Gasteiger partial charge in [0, 0.05) is 12.5 Å². The number of carboxylic acid groups (broad SMARTS) is 1. The average Bonchev–Trinajstić information content (AvgIpc) is 2.66. The lowest BCUT2D eigenvalue weighted by Crippen LogP contribution is -2.48. The van der Waals surface area contributed by atoms with Gasteiger partial charge in [-0.25, -0.2) is 4.79 Å². The van der Waals surface area contributed by atoms with E-state index in [2.05, 4.69) is 11.9 Å². The third-order valence-corrected chi connectivity index (χ3v) is 4.02. The molecule has 0 aromatic heterocycles. The molecule has 146 valence electrons. The van der Waals surface area contributed by atoms with Crippen molar-refractivity contribution in [1.82, 2.24) is 5.32 Å². The molecular formula is C21H21NO6. The number of aliphatic hydroxyl groups excluding tert-OH is 1. The van der Waals surface area contributed by atoms with Gasteiger partial charge in [0.05, 0.1) is 11.6 Å². The molecule has 0 heterocycles. The van der Waals surface area contributed by atoms with Crippen molar-refractivity contribution in [3.8, 4) is 5.75 Å². The largest absolute Gasteiger partial charge is 0.479 e. The van der Waals surface area contributed by atoms with E-state index in [4.69, 9.17) is 4.74 Å². The van der Waals surface area contributed by atoms with Gasteiger partial charge in [-0.2, -0.15) is 0 Å². The molecule has 2 aromatic rings. The molecule has 0 saturated carbocycles. The van der Waals surface area contributed by atoms with E-state index in [1.807, 2.05) is 6.07 Å². The topological polar surface area (TPSA) is 113 Å². The Morgan fingerprint density at radius 2 is 1.82 bits per heavy atom. The van der Waals surface area contributed by atoms with E-state index in [1.165, 1.54) is 31.2 Å². The summed E-state index contributed by atoms with van der Waals surface area (Å²) in [5.41, 5.74) is 1.19. The Labute approximate surface area is 162 Å². The van der Waals surface area contributed by atoms with Crippen LogP contribution in [-0.2, 0) is 16.0 Å². The smallest absolute Gasteiger partial charge is 0.334 e. The van der Waals surface area contributed by atoms with Gasteiger partial charge < -0.3 is 20.3 Å². The number of benzene rings is 2. The zero-order valence-electron chi connectivity index (χ0n) is 15.3. The summed E-state index contributed by atoms with van der Waals surface area (Å²) < 4.78 is 5.08. The Morgan fingerprint density at radius 1 is 1.14 bits per heavy atom. The summed E-state index contributed by atoms with van der Waals surface area (Å²) in [6, 6.07) is 12.4. The van der Waals surface area contributed by atoms with Gasteiger partial charge in [-0.3, -0.25) is 9.59 Å². The molecule has 28 heavy (non-hydrogen) atoms. The Morgan fingerprint density at radius 3 is 2.39 bits per heavy atom. The number of amides is 1. The van der Waals surface area contributed by atoms with Crippen LogP contribution in [0.4, 0.5) is 0 Å². The second-order valence-corrected chi connectivity index (χ2v) is 6.07. The van der Waals surface area contributed by atoms with Crippen LogP contribution in [0.5, 0.6) is 5.75 Å². The van der Waals surface area contributed by atoms with Gasteiger partial charge in [-0.05, 0) is 24.1 Å². The highest BCUT2D eigenvalue weighted by molar-refractivity contribution is 5.99. The van der Waals surface area contributed by atoms with E-state index >= 15 is 0 Å². The molecule has 1 unspecified atom stereocenters. The molecule has 0 aliphatic rings. The SMILES string of the molecule is C=Cc1c(OC(C)=O)cccc1C(=O)NC(Cc1ccccc1)[C@H](O)C(=O)O. The molecule has 2 aromatic carbocycles. The van der Waals surface area contributed by atoms with Crippen LogP contribution in [0.15, 0.2) is 55.1 Å². The fourth-order valence-electron chi connectivity index (χ4n) is 2.72. The van der Waals surface area contributed by atoms with Gasteiger partial charge in [0.25, 0.3) is 5.91 Å². The number of carboxylic acids is 1. The van der Waals surface area contributed by atoms with Crippen molar-refractivity contribution in [2.24, 2.45) is 0 Å². The zero-order valence-corrected chi connectivity index (χ0v) is 15.3. The third kappa shape index (κ3) is 5.28. The number of aliphatic carboxylic acids is 1. The van der Waals surface area contributed by atoms with Crippen molar-refractivity contribution in [2.45, 2.75) is 25.5 Å². The van der Waals surface area contributed by atoms with Gasteiger partial charge >= 0.3 is 11.9 Å². The van der Waals surface area contributed by atoms with Gasteiger partial charge in [0.1, 0.15) is 5.75 Å². The minimum absolute atomic E-state index is 0.118. The highest BCUT2D eigenvalue weighted by Gasteiger charge is 2.28. The highest BCUT2D eigenvalue weighted by atomic mass is 16.5. The molecule has 7 nitrogen and oxygen atoms in total. The first-order valence-corrected chi connectivity index (χ1v) is 8.53. The lowest BCUT2D eigenvalue weighted by atomic mass is 9.99. The zero-order chi connectivity index (χ0) is 20.7. The van der Waals surface area contributed by atoms with Crippen LogP contribution in [0.2, 0.25) is 0 Å². The van der Waals surface area contributed by atoms with Gasteiger partial charge in [0.15, 0.2) is 6.10 Å². The lowest BCUT2D eigenvalue weighted by Gasteiger charge is -2.22. The summed E-state index contributed by atoms with van der Waals surface area (Å²) in [5.74, 6) is -2.46. The van der Waals surface area contributed by atoms with Gasteiger partial charge in [0.2, 0.25) is 0 Å². The number of hydrogen-bond acceptors (Lipinski definition) is 5. The predicted molar refractivity (Wildman–Crippen MR) is 103 cm³/mol. The third-order valence-electron chi connectivity index (χ3n) is 4.02. The molecule has 7 heteroatoms. The first-order chi connectivity index (χ1) is 13.3. The molecule has 0 bridgehead atoms. The second kappa shape index (κ2) is 9.48. The quantitative estimate of drug-likeness (QED) is 0.475. The van der Waals surface area contributed by atoms with Crippen LogP contribution in [0, 0.1) is 0 Å². The molecule has 0 radical (unpaired) electrons. The molecule has 0 fully saturated rings. The maximum Gasteiger partial charge on any atom is 0.334 e. The van der Waals surface area contributed by atoms with Crippen molar-refractivity contribution in [1.29, 1.82) is 0 Å². The minimum Gasteiger partial charge on any atom is -0.479 e. The maximum atomic E-state index is 12.8. The summed E-state index contributed by atoms with van der Waals surface area (Å²) in [6.45, 7) is 4.87. The van der Waals surface area contributed by atoms with Crippen LogP contribution in [0.3, 0.4) is 0 Å². The highest BCUT2D eigenvalue weighted by Crippen LogP contribution is 2.24. The fraction of sp³-hybridized carbons (Fsp3) is 0.190. The van der Waals surface area contributed by atoms with Crippen molar-refractivity contribution in [3.05, 3.63) is 71.8 Å². The number of aliphatic hydroxyl groups is 1. The lowest BCUT2D eigenvalue weighted by molar-refractivity contribution is -0.148. The summed E-state index contributed by atoms with van der Waals surface area (Å²) in [6.07, 6.45) is -0.312. The van der Waals surface area contributed by atoms with Crippen LogP contribution in [0.25, 0.3) is 6.08 Å². The van der Waals surface area contributed by atoms with Gasteiger partial charge in [-0.1, -0.05) is 49.1 Å². The Kier molecular flexibility index (Phi) is 7.06. The number of ether oxygens (including phenoxy) is 1. The predicted octanol–water partition coefficient (Wildman–Crippen LogP) is 2.04. The molecule has 0 saturated heterocycles. The summed E-state index contributed by atoms with van der Waals surface area (Å²) >= 11 is 0. The number of carbonyl (C=O) groups is 3. The first-order valence-electron chi connectivity index (χ1n) is 8.53. The van der Waals surface area contributed by atoms with E-state index < -0.39 is 30.0 Å². The Balaban J connectivity index is 2.31. The van der Waals surface area contributed by atoms with Crippen LogP contribution >= 0.6 is 0 Å². The van der Waals surface area contributed by atoms with E-state index in [-0.39, 0.29) is 17.7 Å². The molecule has 0 aliphatic heterocycles. The first kappa shape index (κ1) is 20.9. The number of nitrogens with one attached hydrogen (secondary N) is 1. The maximum absolute atomic E-state index is 12.8. The molecule has 0 aliphatic carbocycles. The summed E-state index contributed by atoms with van der Waals surface area (Å²) in [5, 5.41) is 21.8. The molecule has 0 spiro atoms. The van der Waals surface area contributed by atoms with E-state index in [1.54, 1.807) is 24.3 Å². The van der Waals surface area contributed by atoms with Crippen LogP contribution in [0.1, 0.15) is 28.4 Å². The normalized spacial score (nSPS) is 12.5. The Bertz CT molecular complexity index is 878. The van der Waals surface area contributed by atoms with Crippen molar-refractivity contribution >= 4 is 23.9 Å². The number of hydrogen-bond donors (Lipinski definition) is 3. The molecule has 3 N–H and O–H groups in total. The number of rotatable bonds is 8. The second-order valence-electron chi connectivity index (χ2n) is 6.07. The number of carbonyl (C=O) groups excluding carboxylic acids is 2. The van der Waals surface area contributed by atoms with Crippen LogP contribution in [-0.4, -0.2) is 40.2 Å². The molecular weight excluding hydrogens is 362 g/mol. The summed E-state index contributed by atoms with van der Waals surface area (Å²) in [7, 11) is 0. The Hall–Kier alpha value is -3.45. The molecule has 2 atom stereocenters. The van der Waals surface area contributed by atoms with E-state index in [9.17, 15) is 24.6 Å². The monoisotopic (exact) mass is 383 g/mol. The van der Waals surface area contributed by atoms with E-state index in [0.717, 1.165) is 5.56 Å². The standard InChI is InChI=1S/C21H21NO6/c1-3-15-16(10-7-11-18(15)28-13(2)23)20(25)22-17(19(24)21(26)27)12-14-8-5-4-6-9-14/h3-11,17,19,24H,1,12H2,2H3,(H,22,25)(H,26,27)/t17?,19-/m0/s1. The minimum atomic E-state index is -1.80. The van der Waals surface area contributed by atoms with Crippen molar-refractivity contribution < 1.29 is 29.3 Å². The fourth-order valence-corrected chi connectivity index (χ4v) is 2.72. The van der Waals surface area contributed by atoms with Crippen molar-refractivity contribution in [2.75, 3.05) is 0 Å².